The van der Waals surface area contributed by atoms with E-state index in [-0.39, 0.29) is 18.0 Å². The fraction of sp³-hybridized carbons (Fsp3) is 0.235. The molecule has 2 rings (SSSR count). The van der Waals surface area contributed by atoms with E-state index in [1.54, 1.807) is 13.0 Å². The lowest BCUT2D eigenvalue weighted by molar-refractivity contribution is -0.137. The Morgan fingerprint density at radius 3 is 2.48 bits per heavy atom. The molecular formula is C17H18N2O4. The van der Waals surface area contributed by atoms with Crippen molar-refractivity contribution in [3.8, 4) is 0 Å². The Labute approximate surface area is 133 Å². The van der Waals surface area contributed by atoms with Crippen LogP contribution in [0.2, 0.25) is 0 Å². The summed E-state index contributed by atoms with van der Waals surface area (Å²) in [5, 5.41) is 11.4. The van der Waals surface area contributed by atoms with Gasteiger partial charge in [0.15, 0.2) is 0 Å². The summed E-state index contributed by atoms with van der Waals surface area (Å²) in [6.07, 6.45) is 0.818. The third kappa shape index (κ3) is 4.54. The standard InChI is InChI=1S/C17H18N2O4/c1-12-7-9-14(17(23)19(12)11-16(21)22)18-15(20)10-8-13-5-3-2-4-6-13/h2-7,9H,8,10-11H2,1H3,(H,18,20)(H,21,22). The van der Waals surface area contributed by atoms with Gasteiger partial charge >= 0.3 is 5.97 Å². The first-order chi connectivity index (χ1) is 11.0. The topological polar surface area (TPSA) is 88.4 Å². The van der Waals surface area contributed by atoms with E-state index in [9.17, 15) is 14.4 Å². The maximum Gasteiger partial charge on any atom is 0.323 e. The summed E-state index contributed by atoms with van der Waals surface area (Å²) in [7, 11) is 0. The number of nitrogens with zero attached hydrogens (tertiary/aromatic N) is 1. The van der Waals surface area contributed by atoms with Gasteiger partial charge in [-0.15, -0.1) is 0 Å². The molecule has 0 fully saturated rings. The van der Waals surface area contributed by atoms with Crippen LogP contribution in [0, 0.1) is 6.92 Å². The number of anilines is 1. The van der Waals surface area contributed by atoms with Crippen LogP contribution in [0.15, 0.2) is 47.3 Å². The maximum absolute atomic E-state index is 12.2. The van der Waals surface area contributed by atoms with Crippen LogP contribution in [0.4, 0.5) is 5.69 Å². The van der Waals surface area contributed by atoms with Gasteiger partial charge in [0.05, 0.1) is 0 Å². The summed E-state index contributed by atoms with van der Waals surface area (Å²) in [6, 6.07) is 12.7. The van der Waals surface area contributed by atoms with Gasteiger partial charge in [0.2, 0.25) is 5.91 Å². The Morgan fingerprint density at radius 1 is 1.13 bits per heavy atom. The fourth-order valence-electron chi connectivity index (χ4n) is 2.21. The molecule has 0 unspecified atom stereocenters. The highest BCUT2D eigenvalue weighted by Crippen LogP contribution is 2.06. The minimum absolute atomic E-state index is 0.0925. The first-order valence-corrected chi connectivity index (χ1v) is 7.23. The lowest BCUT2D eigenvalue weighted by Gasteiger charge is -2.10. The van der Waals surface area contributed by atoms with Crippen molar-refractivity contribution in [1.82, 2.24) is 4.57 Å². The van der Waals surface area contributed by atoms with Crippen molar-refractivity contribution >= 4 is 17.6 Å². The van der Waals surface area contributed by atoms with Crippen molar-refractivity contribution in [1.29, 1.82) is 0 Å². The highest BCUT2D eigenvalue weighted by molar-refractivity contribution is 5.90. The predicted octanol–water partition coefficient (Wildman–Crippen LogP) is 1.81. The molecule has 0 aliphatic carbocycles. The summed E-state index contributed by atoms with van der Waals surface area (Å²) in [6.45, 7) is 1.21. The number of carboxylic acid groups (broad SMARTS) is 1. The molecule has 1 heterocycles. The van der Waals surface area contributed by atoms with E-state index in [1.165, 1.54) is 6.07 Å². The highest BCUT2D eigenvalue weighted by Gasteiger charge is 2.11. The third-order valence-corrected chi connectivity index (χ3v) is 3.44. The Kier molecular flexibility index (Phi) is 5.30. The Bertz CT molecular complexity index is 766. The summed E-state index contributed by atoms with van der Waals surface area (Å²) < 4.78 is 1.12. The number of benzene rings is 1. The van der Waals surface area contributed by atoms with Crippen molar-refractivity contribution in [3.63, 3.8) is 0 Å². The van der Waals surface area contributed by atoms with E-state index in [0.29, 0.717) is 12.1 Å². The molecule has 2 N–H and O–H groups in total. The molecule has 6 nitrogen and oxygen atoms in total. The molecule has 120 valence electrons. The van der Waals surface area contributed by atoms with Crippen LogP contribution in [-0.2, 0) is 22.6 Å². The van der Waals surface area contributed by atoms with E-state index in [4.69, 9.17) is 5.11 Å². The molecule has 0 aliphatic heterocycles. The highest BCUT2D eigenvalue weighted by atomic mass is 16.4. The summed E-state index contributed by atoms with van der Waals surface area (Å²) in [4.78, 5) is 35.0. The number of hydrogen-bond acceptors (Lipinski definition) is 3. The number of amides is 1. The number of hydrogen-bond donors (Lipinski definition) is 2. The van der Waals surface area contributed by atoms with Crippen LogP contribution in [0.3, 0.4) is 0 Å². The van der Waals surface area contributed by atoms with E-state index in [2.05, 4.69) is 5.32 Å². The SMILES string of the molecule is Cc1ccc(NC(=O)CCc2ccccc2)c(=O)n1CC(=O)O. The van der Waals surface area contributed by atoms with Gasteiger partial charge in [-0.05, 0) is 31.0 Å². The Hall–Kier alpha value is -2.89. The zero-order chi connectivity index (χ0) is 16.8. The molecule has 0 radical (unpaired) electrons. The number of rotatable bonds is 6. The lowest BCUT2D eigenvalue weighted by Crippen LogP contribution is -2.29. The van der Waals surface area contributed by atoms with Crippen LogP contribution >= 0.6 is 0 Å². The zero-order valence-corrected chi connectivity index (χ0v) is 12.8. The molecule has 0 atom stereocenters. The van der Waals surface area contributed by atoms with Gasteiger partial charge in [0.25, 0.3) is 5.56 Å². The van der Waals surface area contributed by atoms with Gasteiger partial charge in [-0.25, -0.2) is 0 Å². The molecule has 1 aromatic heterocycles. The quantitative estimate of drug-likeness (QED) is 0.851. The van der Waals surface area contributed by atoms with Gasteiger partial charge in [0, 0.05) is 12.1 Å². The van der Waals surface area contributed by atoms with E-state index in [1.807, 2.05) is 30.3 Å². The average molecular weight is 314 g/mol. The van der Waals surface area contributed by atoms with E-state index >= 15 is 0 Å². The third-order valence-electron chi connectivity index (χ3n) is 3.44. The number of carboxylic acids is 1. The normalized spacial score (nSPS) is 10.3. The number of aliphatic carboxylic acids is 1. The van der Waals surface area contributed by atoms with Crippen molar-refractivity contribution in [3.05, 3.63) is 64.1 Å². The molecule has 1 aromatic carbocycles. The van der Waals surface area contributed by atoms with E-state index in [0.717, 1.165) is 10.1 Å². The van der Waals surface area contributed by atoms with Gasteiger partial charge in [-0.3, -0.25) is 19.0 Å². The molecule has 2 aromatic rings. The van der Waals surface area contributed by atoms with Gasteiger partial charge in [0.1, 0.15) is 12.2 Å². The van der Waals surface area contributed by atoms with Crippen molar-refractivity contribution in [2.24, 2.45) is 0 Å². The average Bonchev–Trinajstić information content (AvgIpc) is 2.53. The van der Waals surface area contributed by atoms with Crippen LogP contribution in [-0.4, -0.2) is 21.6 Å². The second-order valence-electron chi connectivity index (χ2n) is 5.21. The monoisotopic (exact) mass is 314 g/mol. The summed E-state index contributed by atoms with van der Waals surface area (Å²) in [5.41, 5.74) is 1.14. The first-order valence-electron chi connectivity index (χ1n) is 7.23. The van der Waals surface area contributed by atoms with E-state index < -0.39 is 18.1 Å². The second-order valence-corrected chi connectivity index (χ2v) is 5.21. The zero-order valence-electron chi connectivity index (χ0n) is 12.8. The Morgan fingerprint density at radius 2 is 1.83 bits per heavy atom. The molecule has 6 heteroatoms. The minimum Gasteiger partial charge on any atom is -0.480 e. The second kappa shape index (κ2) is 7.40. The maximum atomic E-state index is 12.2. The van der Waals surface area contributed by atoms with Gasteiger partial charge in [-0.1, -0.05) is 30.3 Å². The molecule has 0 saturated heterocycles. The van der Waals surface area contributed by atoms with Crippen LogP contribution < -0.4 is 10.9 Å². The predicted molar refractivity (Wildman–Crippen MR) is 86.5 cm³/mol. The number of aromatic nitrogens is 1. The molecular weight excluding hydrogens is 296 g/mol. The lowest BCUT2D eigenvalue weighted by atomic mass is 10.1. The number of pyridine rings is 1. The smallest absolute Gasteiger partial charge is 0.323 e. The largest absolute Gasteiger partial charge is 0.480 e. The minimum atomic E-state index is -1.11. The van der Waals surface area contributed by atoms with Crippen LogP contribution in [0.25, 0.3) is 0 Å². The Balaban J connectivity index is 2.06. The molecule has 0 bridgehead atoms. The molecule has 23 heavy (non-hydrogen) atoms. The molecule has 0 saturated carbocycles. The fourth-order valence-corrected chi connectivity index (χ4v) is 2.21. The number of aryl methyl sites for hydroxylation is 2. The van der Waals surface area contributed by atoms with Crippen molar-refractivity contribution in [2.75, 3.05) is 5.32 Å². The molecule has 0 spiro atoms. The first kappa shape index (κ1) is 16.5. The number of carbonyl (C=O) groups is 2. The summed E-state index contributed by atoms with van der Waals surface area (Å²) >= 11 is 0. The molecule has 0 aliphatic rings. The van der Waals surface area contributed by atoms with Crippen molar-refractivity contribution in [2.45, 2.75) is 26.3 Å². The summed E-state index contributed by atoms with van der Waals surface area (Å²) in [5.74, 6) is -1.39. The van der Waals surface area contributed by atoms with Crippen molar-refractivity contribution < 1.29 is 14.7 Å². The van der Waals surface area contributed by atoms with Crippen LogP contribution in [0.1, 0.15) is 17.7 Å². The van der Waals surface area contributed by atoms with Crippen LogP contribution in [0.5, 0.6) is 0 Å². The van der Waals surface area contributed by atoms with Gasteiger partial charge in [-0.2, -0.15) is 0 Å². The number of carbonyl (C=O) groups excluding carboxylic acids is 1. The number of nitrogens with one attached hydrogen (secondary N) is 1. The van der Waals surface area contributed by atoms with Gasteiger partial charge < -0.3 is 10.4 Å². The molecule has 1 amide bonds.